The summed E-state index contributed by atoms with van der Waals surface area (Å²) >= 11 is 0. The van der Waals surface area contributed by atoms with E-state index in [4.69, 9.17) is 9.47 Å². The molecule has 1 aromatic carbocycles. The maximum atomic E-state index is 13.0. The predicted octanol–water partition coefficient (Wildman–Crippen LogP) is 2.76. The van der Waals surface area contributed by atoms with Crippen LogP contribution in [0.2, 0.25) is 0 Å². The molecule has 257 valence electrons. The second-order valence-corrected chi connectivity index (χ2v) is 12.4. The zero-order valence-electron chi connectivity index (χ0n) is 27.6. The zero-order valence-corrected chi connectivity index (χ0v) is 30.4. The molecule has 0 aromatic heterocycles. The van der Waals surface area contributed by atoms with Crippen LogP contribution in [0.1, 0.15) is 107 Å². The van der Waals surface area contributed by atoms with E-state index in [1.807, 2.05) is 26.0 Å². The minimum absolute atomic E-state index is 0. The molecule has 0 saturated carbocycles. The first-order valence-corrected chi connectivity index (χ1v) is 16.6. The van der Waals surface area contributed by atoms with E-state index >= 15 is 0 Å². The molecule has 1 amide bonds. The molecule has 10 nitrogen and oxygen atoms in total. The number of rotatable bonds is 22. The van der Waals surface area contributed by atoms with Crippen LogP contribution in [0.3, 0.4) is 0 Å². The average molecular weight is 714 g/mol. The molecule has 1 aliphatic rings. The molecule has 0 spiro atoms. The Hall–Kier alpha value is -0.526. The van der Waals surface area contributed by atoms with Crippen LogP contribution in [-0.2, 0) is 53.4 Å². The van der Waals surface area contributed by atoms with Gasteiger partial charge in [-0.15, -0.1) is 5.56 Å². The normalized spacial score (nSPS) is 23.6. The third-order valence-corrected chi connectivity index (χ3v) is 8.55. The molecular formula is C34H58NO9Y-. The molecule has 11 heteroatoms. The molecule has 1 radical (unpaired) electrons. The molecule has 1 saturated heterocycles. The SMILES string of the molecule is CCCCCCCCCCCCCC[C@@H](O)[C@@H](O)[C@H](CO[C@H]1OC(CO)[C@H](O)[C@H](O)C1O)NC(=O)Cc1ccc(C)[c-]c1C.[Y]. The van der Waals surface area contributed by atoms with Gasteiger partial charge in [-0.1, -0.05) is 97.8 Å². The number of aliphatic hydroxyl groups excluding tert-OH is 6. The van der Waals surface area contributed by atoms with Crippen molar-refractivity contribution in [2.75, 3.05) is 13.2 Å². The fourth-order valence-electron chi connectivity index (χ4n) is 5.65. The first-order chi connectivity index (χ1) is 21.1. The van der Waals surface area contributed by atoms with Crippen molar-refractivity contribution >= 4 is 5.91 Å². The molecular weight excluding hydrogens is 655 g/mol. The number of ether oxygens (including phenoxy) is 2. The topological polar surface area (TPSA) is 169 Å². The summed E-state index contributed by atoms with van der Waals surface area (Å²) in [5.74, 6) is -0.399. The van der Waals surface area contributed by atoms with E-state index in [1.54, 1.807) is 0 Å². The van der Waals surface area contributed by atoms with Crippen LogP contribution in [0.5, 0.6) is 0 Å². The van der Waals surface area contributed by atoms with E-state index in [2.05, 4.69) is 18.3 Å². The van der Waals surface area contributed by atoms with Gasteiger partial charge in [0, 0.05) is 39.1 Å². The summed E-state index contributed by atoms with van der Waals surface area (Å²) in [6.45, 7) is 5.04. The van der Waals surface area contributed by atoms with Gasteiger partial charge in [-0.05, 0) is 6.42 Å². The summed E-state index contributed by atoms with van der Waals surface area (Å²) in [4.78, 5) is 13.0. The Labute approximate surface area is 295 Å². The fourth-order valence-corrected chi connectivity index (χ4v) is 5.65. The Morgan fingerprint density at radius 1 is 0.911 bits per heavy atom. The minimum Gasteiger partial charge on any atom is -0.394 e. The van der Waals surface area contributed by atoms with Gasteiger partial charge in [0.1, 0.15) is 30.5 Å². The molecule has 1 fully saturated rings. The molecule has 7 N–H and O–H groups in total. The molecule has 1 aliphatic heterocycles. The van der Waals surface area contributed by atoms with Crippen molar-refractivity contribution in [1.29, 1.82) is 0 Å². The summed E-state index contributed by atoms with van der Waals surface area (Å²) in [5, 5.41) is 64.6. The number of hydrogen-bond acceptors (Lipinski definition) is 9. The monoisotopic (exact) mass is 713 g/mol. The number of aliphatic hydroxyl groups is 6. The third-order valence-electron chi connectivity index (χ3n) is 8.55. The first kappa shape index (κ1) is 42.5. The van der Waals surface area contributed by atoms with Gasteiger partial charge in [-0.3, -0.25) is 4.79 Å². The number of carbonyl (C=O) groups is 1. The van der Waals surface area contributed by atoms with E-state index < -0.39 is 61.5 Å². The van der Waals surface area contributed by atoms with Gasteiger partial charge >= 0.3 is 0 Å². The summed E-state index contributed by atoms with van der Waals surface area (Å²) in [5.41, 5.74) is 2.56. The van der Waals surface area contributed by atoms with Crippen LogP contribution in [0.25, 0.3) is 0 Å². The maximum Gasteiger partial charge on any atom is 0.213 e. The van der Waals surface area contributed by atoms with Crippen molar-refractivity contribution < 1.29 is 77.6 Å². The quantitative estimate of drug-likeness (QED) is 0.0706. The van der Waals surface area contributed by atoms with Crippen LogP contribution in [0, 0.1) is 19.9 Å². The van der Waals surface area contributed by atoms with Gasteiger partial charge < -0.3 is 45.4 Å². The molecule has 1 aromatic rings. The van der Waals surface area contributed by atoms with E-state index in [9.17, 15) is 35.4 Å². The summed E-state index contributed by atoms with van der Waals surface area (Å²) in [6, 6.07) is 5.83. The van der Waals surface area contributed by atoms with Crippen molar-refractivity contribution in [2.45, 2.75) is 160 Å². The summed E-state index contributed by atoms with van der Waals surface area (Å²) in [6.07, 6.45) is 4.67. The van der Waals surface area contributed by atoms with Crippen LogP contribution in [0.4, 0.5) is 0 Å². The van der Waals surface area contributed by atoms with E-state index in [1.165, 1.54) is 51.4 Å². The van der Waals surface area contributed by atoms with Gasteiger partial charge in [0.25, 0.3) is 0 Å². The first-order valence-electron chi connectivity index (χ1n) is 16.6. The number of carbonyl (C=O) groups excluding carboxylic acids is 1. The molecule has 2 rings (SSSR count). The largest absolute Gasteiger partial charge is 0.394 e. The molecule has 8 atom stereocenters. The van der Waals surface area contributed by atoms with E-state index in [-0.39, 0.29) is 45.7 Å². The molecule has 45 heavy (non-hydrogen) atoms. The third kappa shape index (κ3) is 15.5. The Morgan fingerprint density at radius 3 is 2.04 bits per heavy atom. The van der Waals surface area contributed by atoms with Crippen molar-refractivity contribution in [1.82, 2.24) is 5.32 Å². The van der Waals surface area contributed by atoms with Gasteiger partial charge in [-0.25, -0.2) is 0 Å². The zero-order chi connectivity index (χ0) is 32.5. The van der Waals surface area contributed by atoms with Gasteiger partial charge in [-0.2, -0.15) is 29.3 Å². The van der Waals surface area contributed by atoms with E-state index in [0.29, 0.717) is 6.42 Å². The average Bonchev–Trinajstić information content (AvgIpc) is 3.00. The number of nitrogens with one attached hydrogen (secondary N) is 1. The van der Waals surface area contributed by atoms with Crippen molar-refractivity contribution in [3.8, 4) is 0 Å². The Bertz CT molecular complexity index is 937. The Morgan fingerprint density at radius 2 is 1.49 bits per heavy atom. The fraction of sp³-hybridized carbons (Fsp3) is 0.794. The number of unbranched alkanes of at least 4 members (excludes halogenated alkanes) is 11. The summed E-state index contributed by atoms with van der Waals surface area (Å²) in [7, 11) is 0. The van der Waals surface area contributed by atoms with E-state index in [0.717, 1.165) is 42.4 Å². The molecule has 1 heterocycles. The van der Waals surface area contributed by atoms with Crippen molar-refractivity contribution in [3.63, 3.8) is 0 Å². The standard InChI is InChI=1S/C34H58NO9.Y/c1-4-5-6-7-8-9-10-11-12-13-14-15-16-27(37)30(39)26(35-29(38)20-25-18-17-23(2)19-24(25)3)22-43-34-33(42)32(41)31(40)28(21-36)44-34;/h17-18,26-28,30-34,36-37,39-42H,4-16,20-22H2,1-3H3,(H,35,38);/q-1;/t26-,27+,28?,30-,31-,32-,33?,34-;/m0./s1. The Balaban J connectivity index is 0.0000101. The number of benzene rings is 1. The van der Waals surface area contributed by atoms with Gasteiger partial charge in [0.05, 0.1) is 25.4 Å². The maximum absolute atomic E-state index is 13.0. The number of amides is 1. The second-order valence-electron chi connectivity index (χ2n) is 12.4. The van der Waals surface area contributed by atoms with Crippen molar-refractivity contribution in [2.24, 2.45) is 0 Å². The number of hydrogen-bond donors (Lipinski definition) is 7. The molecule has 2 unspecified atom stereocenters. The van der Waals surface area contributed by atoms with Crippen LogP contribution in [-0.4, -0.2) is 98.7 Å². The smallest absolute Gasteiger partial charge is 0.213 e. The van der Waals surface area contributed by atoms with Crippen molar-refractivity contribution in [3.05, 3.63) is 34.9 Å². The minimum atomic E-state index is -1.63. The Kier molecular flexibility index (Phi) is 22.4. The second kappa shape index (κ2) is 23.7. The number of aryl methyl sites for hydroxylation is 2. The summed E-state index contributed by atoms with van der Waals surface area (Å²) < 4.78 is 11.0. The molecule has 0 aliphatic carbocycles. The van der Waals surface area contributed by atoms with Crippen LogP contribution < -0.4 is 5.32 Å². The van der Waals surface area contributed by atoms with Gasteiger partial charge in [0.2, 0.25) is 5.91 Å². The molecule has 0 bridgehead atoms. The van der Waals surface area contributed by atoms with Crippen LogP contribution >= 0.6 is 0 Å². The van der Waals surface area contributed by atoms with Crippen LogP contribution in [0.15, 0.2) is 12.1 Å². The predicted molar refractivity (Wildman–Crippen MR) is 168 cm³/mol. The van der Waals surface area contributed by atoms with Gasteiger partial charge in [0.15, 0.2) is 6.29 Å².